The summed E-state index contributed by atoms with van der Waals surface area (Å²) in [4.78, 5) is 0. The molecule has 0 atom stereocenters. The van der Waals surface area contributed by atoms with Crippen LogP contribution in [0.25, 0.3) is 6.08 Å². The zero-order chi connectivity index (χ0) is 14.6. The van der Waals surface area contributed by atoms with Crippen LogP contribution in [0.15, 0.2) is 29.8 Å². The van der Waals surface area contributed by atoms with Gasteiger partial charge in [-0.3, -0.25) is 0 Å². The molecule has 1 N–H and O–H groups in total. The van der Waals surface area contributed by atoms with Crippen molar-refractivity contribution in [1.29, 1.82) is 0 Å². The second-order valence-electron chi connectivity index (χ2n) is 4.59. The van der Waals surface area contributed by atoms with Gasteiger partial charge in [0.05, 0.1) is 6.61 Å². The van der Waals surface area contributed by atoms with Gasteiger partial charge in [0.25, 0.3) is 0 Å². The van der Waals surface area contributed by atoms with E-state index in [9.17, 15) is 5.11 Å². The van der Waals surface area contributed by atoms with Crippen LogP contribution in [0.4, 0.5) is 0 Å². The Labute approximate surface area is 122 Å². The summed E-state index contributed by atoms with van der Waals surface area (Å²) in [6.07, 6.45) is 11.8. The van der Waals surface area contributed by atoms with Crippen LogP contribution < -0.4 is 0 Å². The summed E-state index contributed by atoms with van der Waals surface area (Å²) >= 11 is 0. The van der Waals surface area contributed by atoms with E-state index in [0.29, 0.717) is 0 Å². The third-order valence-corrected chi connectivity index (χ3v) is 3.06. The maximum absolute atomic E-state index is 9.39. The first-order valence-corrected chi connectivity index (χ1v) is 7.13. The Hall–Kier alpha value is -1.96. The second kappa shape index (κ2) is 9.90. The topological polar surface area (TPSA) is 20.2 Å². The fraction of sp³-hybridized carbons (Fsp3) is 0.368. The van der Waals surface area contributed by atoms with Crippen molar-refractivity contribution in [3.05, 3.63) is 41.0 Å². The Morgan fingerprint density at radius 1 is 1.25 bits per heavy atom. The molecule has 0 saturated heterocycles. The minimum absolute atomic E-state index is 0.0184. The fourth-order valence-corrected chi connectivity index (χ4v) is 1.92. The molecule has 0 aliphatic rings. The van der Waals surface area contributed by atoms with E-state index in [-0.39, 0.29) is 6.61 Å². The van der Waals surface area contributed by atoms with Gasteiger partial charge < -0.3 is 5.11 Å². The average Bonchev–Trinajstić information content (AvgIpc) is 2.50. The van der Waals surface area contributed by atoms with Gasteiger partial charge in [0, 0.05) is 18.4 Å². The highest BCUT2D eigenvalue weighted by molar-refractivity contribution is 5.61. The molecule has 20 heavy (non-hydrogen) atoms. The maximum atomic E-state index is 9.39. The highest BCUT2D eigenvalue weighted by atomic mass is 16.3. The van der Waals surface area contributed by atoms with Crippen molar-refractivity contribution >= 4 is 6.08 Å². The van der Waals surface area contributed by atoms with Crippen molar-refractivity contribution in [3.63, 3.8) is 0 Å². The van der Waals surface area contributed by atoms with Gasteiger partial charge in [0.1, 0.15) is 0 Å². The lowest BCUT2D eigenvalue weighted by Crippen LogP contribution is -1.90. The second-order valence-corrected chi connectivity index (χ2v) is 4.59. The molecule has 1 nitrogen and oxygen atoms in total. The molecule has 0 spiro atoms. The van der Waals surface area contributed by atoms with Crippen molar-refractivity contribution in [2.75, 3.05) is 6.61 Å². The summed E-state index contributed by atoms with van der Waals surface area (Å²) in [6, 6.07) is 8.20. The molecule has 0 unspecified atom stereocenters. The van der Waals surface area contributed by atoms with Gasteiger partial charge in [-0.1, -0.05) is 43.0 Å². The number of hydrogen-bond donors (Lipinski definition) is 1. The molecule has 1 aromatic rings. The summed E-state index contributed by atoms with van der Waals surface area (Å²) < 4.78 is 0. The zero-order valence-electron chi connectivity index (χ0n) is 12.2. The summed E-state index contributed by atoms with van der Waals surface area (Å²) in [5.74, 6) is 8.79. The number of benzene rings is 1. The van der Waals surface area contributed by atoms with E-state index in [0.717, 1.165) is 43.2 Å². The fourth-order valence-electron chi connectivity index (χ4n) is 1.92. The van der Waals surface area contributed by atoms with Crippen LogP contribution in [0.5, 0.6) is 0 Å². The Kier molecular flexibility index (Phi) is 7.97. The molecule has 0 fully saturated rings. The van der Waals surface area contributed by atoms with Crippen LogP contribution in [0, 0.1) is 24.2 Å². The van der Waals surface area contributed by atoms with Crippen molar-refractivity contribution in [3.8, 4) is 24.2 Å². The normalized spacial score (nSPS) is 10.6. The standard InChI is InChI=1S/C19H22O/c1-3-5-6-7-8-9-12-17(16-20)15-19-14-11-10-13-18(19)4-2/h1,10-11,13-15,20H,4-8,16H2,2H3. The SMILES string of the molecule is C#CCCCCC#CC(=Cc1ccccc1CC)CO. The summed E-state index contributed by atoms with van der Waals surface area (Å²) in [5, 5.41) is 9.39. The van der Waals surface area contributed by atoms with Crippen LogP contribution in [-0.4, -0.2) is 11.7 Å². The first-order valence-electron chi connectivity index (χ1n) is 7.13. The van der Waals surface area contributed by atoms with Crippen LogP contribution in [0.3, 0.4) is 0 Å². The van der Waals surface area contributed by atoms with Crippen molar-refractivity contribution in [1.82, 2.24) is 0 Å². The molecule has 0 radical (unpaired) electrons. The van der Waals surface area contributed by atoms with Gasteiger partial charge in [-0.15, -0.1) is 12.3 Å². The average molecular weight is 266 g/mol. The molecule has 104 valence electrons. The third kappa shape index (κ3) is 5.79. The van der Waals surface area contributed by atoms with Gasteiger partial charge in [0.15, 0.2) is 0 Å². The molecule has 0 aromatic heterocycles. The Balaban J connectivity index is 2.68. The first-order chi connectivity index (χ1) is 9.81. The first kappa shape index (κ1) is 16.1. The predicted molar refractivity (Wildman–Crippen MR) is 86.0 cm³/mol. The van der Waals surface area contributed by atoms with Gasteiger partial charge in [-0.05, 0) is 36.5 Å². The molecule has 0 heterocycles. The van der Waals surface area contributed by atoms with E-state index in [2.05, 4.69) is 36.8 Å². The number of rotatable bonds is 6. The monoisotopic (exact) mass is 266 g/mol. The molecular weight excluding hydrogens is 244 g/mol. The smallest absolute Gasteiger partial charge is 0.0760 e. The van der Waals surface area contributed by atoms with Crippen molar-refractivity contribution in [2.24, 2.45) is 0 Å². The molecule has 0 amide bonds. The third-order valence-electron chi connectivity index (χ3n) is 3.06. The quantitative estimate of drug-likeness (QED) is 0.613. The number of aryl methyl sites for hydroxylation is 1. The highest BCUT2D eigenvalue weighted by Gasteiger charge is 1.98. The van der Waals surface area contributed by atoms with Gasteiger partial charge >= 0.3 is 0 Å². The van der Waals surface area contributed by atoms with Crippen molar-refractivity contribution < 1.29 is 5.11 Å². The van der Waals surface area contributed by atoms with Gasteiger partial charge in [-0.25, -0.2) is 0 Å². The lowest BCUT2D eigenvalue weighted by molar-refractivity contribution is 0.337. The largest absolute Gasteiger partial charge is 0.391 e. The van der Waals surface area contributed by atoms with Crippen LogP contribution in [0.1, 0.15) is 43.7 Å². The van der Waals surface area contributed by atoms with Crippen molar-refractivity contribution in [2.45, 2.75) is 39.0 Å². The molecule has 0 aliphatic carbocycles. The Morgan fingerprint density at radius 3 is 2.70 bits per heavy atom. The van der Waals surface area contributed by atoms with Gasteiger partial charge in [0.2, 0.25) is 0 Å². The molecule has 0 bridgehead atoms. The van der Waals surface area contributed by atoms with E-state index < -0.39 is 0 Å². The molecule has 1 heteroatoms. The lowest BCUT2D eigenvalue weighted by Gasteiger charge is -2.03. The maximum Gasteiger partial charge on any atom is 0.0760 e. The minimum atomic E-state index is -0.0184. The predicted octanol–water partition coefficient (Wildman–Crippen LogP) is 3.82. The number of aliphatic hydroxyl groups is 1. The zero-order valence-corrected chi connectivity index (χ0v) is 12.2. The van der Waals surface area contributed by atoms with E-state index in [1.165, 1.54) is 5.56 Å². The molecule has 0 aliphatic heterocycles. The van der Waals surface area contributed by atoms with E-state index in [1.807, 2.05) is 18.2 Å². The van der Waals surface area contributed by atoms with E-state index >= 15 is 0 Å². The van der Waals surface area contributed by atoms with Crippen LogP contribution in [0.2, 0.25) is 0 Å². The van der Waals surface area contributed by atoms with E-state index in [1.54, 1.807) is 0 Å². The minimum Gasteiger partial charge on any atom is -0.391 e. The Morgan fingerprint density at radius 2 is 2.00 bits per heavy atom. The molecule has 1 rings (SSSR count). The highest BCUT2D eigenvalue weighted by Crippen LogP contribution is 2.13. The van der Waals surface area contributed by atoms with Crippen LogP contribution in [-0.2, 0) is 6.42 Å². The van der Waals surface area contributed by atoms with Gasteiger partial charge in [-0.2, -0.15) is 0 Å². The van der Waals surface area contributed by atoms with E-state index in [4.69, 9.17) is 6.42 Å². The Bertz CT molecular complexity index is 535. The van der Waals surface area contributed by atoms with Crippen LogP contribution >= 0.6 is 0 Å². The molecule has 1 aromatic carbocycles. The summed E-state index contributed by atoms with van der Waals surface area (Å²) in [7, 11) is 0. The number of aliphatic hydroxyl groups excluding tert-OH is 1. The lowest BCUT2D eigenvalue weighted by atomic mass is 10.0. The molecular formula is C19H22O. The summed E-state index contributed by atoms with van der Waals surface area (Å²) in [5.41, 5.74) is 3.18. The number of hydrogen-bond acceptors (Lipinski definition) is 1. The number of unbranched alkanes of at least 4 members (excludes halogenated alkanes) is 3. The number of terminal acetylenes is 1. The summed E-state index contributed by atoms with van der Waals surface area (Å²) in [6.45, 7) is 2.11. The molecule has 0 saturated carbocycles.